The van der Waals surface area contributed by atoms with Crippen molar-refractivity contribution in [2.45, 2.75) is 39.7 Å². The van der Waals surface area contributed by atoms with Crippen LogP contribution in [0, 0.1) is 34.5 Å². The minimum absolute atomic E-state index is 0.129. The van der Waals surface area contributed by atoms with Crippen molar-refractivity contribution in [2.75, 3.05) is 18.9 Å². The molecule has 1 aromatic rings. The molecule has 5 heteroatoms. The van der Waals surface area contributed by atoms with Crippen molar-refractivity contribution in [2.24, 2.45) is 0 Å². The van der Waals surface area contributed by atoms with Crippen LogP contribution in [0.4, 0.5) is 5.69 Å². The van der Waals surface area contributed by atoms with E-state index in [1.807, 2.05) is 46.9 Å². The van der Waals surface area contributed by atoms with Gasteiger partial charge >= 0.3 is 0 Å². The smallest absolute Gasteiger partial charge is 0.0975 e. The molecular formula is C22H25N5. The molecule has 3 N–H and O–H groups in total. The fourth-order valence-corrected chi connectivity index (χ4v) is 3.44. The molecule has 5 nitrogen and oxygen atoms in total. The number of nitrogens with zero attached hydrogens (tertiary/aromatic N) is 2. The first kappa shape index (κ1) is 20.1. The van der Waals surface area contributed by atoms with Gasteiger partial charge in [-0.2, -0.15) is 10.5 Å². The Morgan fingerprint density at radius 3 is 2.26 bits per heavy atom. The van der Waals surface area contributed by atoms with Gasteiger partial charge in [0, 0.05) is 29.7 Å². The van der Waals surface area contributed by atoms with Crippen molar-refractivity contribution in [3.8, 4) is 24.0 Å². The molecule has 1 aliphatic rings. The van der Waals surface area contributed by atoms with Crippen LogP contribution in [0.2, 0.25) is 0 Å². The van der Waals surface area contributed by atoms with Crippen LogP contribution < -0.4 is 16.0 Å². The highest BCUT2D eigenvalue weighted by Crippen LogP contribution is 2.39. The van der Waals surface area contributed by atoms with E-state index in [9.17, 15) is 10.5 Å². The van der Waals surface area contributed by atoms with Gasteiger partial charge in [0.05, 0.1) is 35.2 Å². The first-order chi connectivity index (χ1) is 13.0. The molecule has 2 rings (SSSR count). The van der Waals surface area contributed by atoms with Gasteiger partial charge in [0.15, 0.2) is 0 Å². The zero-order valence-electron chi connectivity index (χ0n) is 16.5. The van der Waals surface area contributed by atoms with E-state index in [4.69, 9.17) is 0 Å². The fourth-order valence-electron chi connectivity index (χ4n) is 3.44. The van der Waals surface area contributed by atoms with E-state index in [-0.39, 0.29) is 12.0 Å². The summed E-state index contributed by atoms with van der Waals surface area (Å²) in [5.41, 5.74) is 5.61. The molecule has 0 fully saturated rings. The summed E-state index contributed by atoms with van der Waals surface area (Å²) in [6.45, 7) is 8.39. The Morgan fingerprint density at radius 2 is 1.78 bits per heavy atom. The second-order valence-electron chi connectivity index (χ2n) is 6.34. The third-order valence-electron chi connectivity index (χ3n) is 4.69. The average Bonchev–Trinajstić information content (AvgIpc) is 2.66. The number of hydrogen-bond donors (Lipinski definition) is 3. The molecule has 1 aromatic carbocycles. The van der Waals surface area contributed by atoms with Crippen LogP contribution in [0.15, 0.2) is 40.7 Å². The second-order valence-corrected chi connectivity index (χ2v) is 6.34. The third-order valence-corrected chi connectivity index (χ3v) is 4.69. The zero-order chi connectivity index (χ0) is 20.0. The highest BCUT2D eigenvalue weighted by atomic mass is 14.9. The number of hydrogen-bond acceptors (Lipinski definition) is 5. The van der Waals surface area contributed by atoms with Gasteiger partial charge < -0.3 is 16.0 Å². The van der Waals surface area contributed by atoms with E-state index in [0.29, 0.717) is 11.1 Å². The summed E-state index contributed by atoms with van der Waals surface area (Å²) in [5, 5.41) is 29.2. The fraction of sp³-hybridized carbons (Fsp3) is 0.364. The molecule has 27 heavy (non-hydrogen) atoms. The van der Waals surface area contributed by atoms with Gasteiger partial charge in [0.25, 0.3) is 0 Å². The average molecular weight is 359 g/mol. The molecule has 1 aliphatic heterocycles. The van der Waals surface area contributed by atoms with Gasteiger partial charge in [-0.15, -0.1) is 5.92 Å². The molecule has 0 saturated heterocycles. The zero-order valence-corrected chi connectivity index (χ0v) is 16.5. The van der Waals surface area contributed by atoms with E-state index in [2.05, 4.69) is 46.0 Å². The van der Waals surface area contributed by atoms with Crippen molar-refractivity contribution in [3.63, 3.8) is 0 Å². The maximum Gasteiger partial charge on any atom is 0.0975 e. The van der Waals surface area contributed by atoms with Gasteiger partial charge in [0.1, 0.15) is 0 Å². The number of dihydropyridines is 1. The van der Waals surface area contributed by atoms with Crippen molar-refractivity contribution >= 4 is 5.69 Å². The molecule has 1 heterocycles. The Balaban J connectivity index is 2.68. The number of nitriles is 2. The number of nitrogens with one attached hydrogen (secondary N) is 3. The molecular weight excluding hydrogens is 334 g/mol. The van der Waals surface area contributed by atoms with Gasteiger partial charge in [0.2, 0.25) is 0 Å². The predicted octanol–water partition coefficient (Wildman–Crippen LogP) is 3.68. The Kier molecular flexibility index (Phi) is 6.67. The summed E-state index contributed by atoms with van der Waals surface area (Å²) >= 11 is 0. The van der Waals surface area contributed by atoms with E-state index >= 15 is 0 Å². The van der Waals surface area contributed by atoms with E-state index in [0.717, 1.165) is 34.8 Å². The summed E-state index contributed by atoms with van der Waals surface area (Å²) in [6, 6.07) is 10.5. The molecule has 0 spiro atoms. The van der Waals surface area contributed by atoms with E-state index in [1.165, 1.54) is 0 Å². The van der Waals surface area contributed by atoms with Gasteiger partial charge in [-0.05, 0) is 38.9 Å². The summed E-state index contributed by atoms with van der Waals surface area (Å²) in [5.74, 6) is 5.81. The van der Waals surface area contributed by atoms with Crippen molar-refractivity contribution in [3.05, 3.63) is 51.9 Å². The Labute approximate surface area is 161 Å². The van der Waals surface area contributed by atoms with Crippen LogP contribution in [-0.2, 0) is 0 Å². The molecule has 0 bridgehead atoms. The van der Waals surface area contributed by atoms with E-state index < -0.39 is 0 Å². The Bertz CT molecular complexity index is 892. The topological polar surface area (TPSA) is 83.7 Å². The molecule has 1 atom stereocenters. The molecule has 1 unspecified atom stereocenters. The van der Waals surface area contributed by atoms with Gasteiger partial charge in [-0.3, -0.25) is 0 Å². The van der Waals surface area contributed by atoms with Crippen LogP contribution in [0.25, 0.3) is 0 Å². The highest BCUT2D eigenvalue weighted by molar-refractivity contribution is 5.61. The van der Waals surface area contributed by atoms with Crippen LogP contribution in [-0.4, -0.2) is 13.6 Å². The third kappa shape index (κ3) is 3.98. The van der Waals surface area contributed by atoms with Crippen LogP contribution >= 0.6 is 0 Å². The van der Waals surface area contributed by atoms with Crippen molar-refractivity contribution in [1.29, 1.82) is 10.5 Å². The predicted molar refractivity (Wildman–Crippen MR) is 108 cm³/mol. The number of allylic oxidation sites excluding steroid dienone is 4. The lowest BCUT2D eigenvalue weighted by atomic mass is 9.80. The van der Waals surface area contributed by atoms with Crippen LogP contribution in [0.5, 0.6) is 0 Å². The minimum atomic E-state index is -0.372. The molecule has 0 saturated carbocycles. The maximum atomic E-state index is 9.71. The molecule has 0 aromatic heterocycles. The summed E-state index contributed by atoms with van der Waals surface area (Å²) in [6.07, 6.45) is 0. The van der Waals surface area contributed by atoms with Gasteiger partial charge in [-0.25, -0.2) is 0 Å². The largest absolute Gasteiger partial charge is 0.388 e. The van der Waals surface area contributed by atoms with Crippen LogP contribution in [0.3, 0.4) is 0 Å². The summed E-state index contributed by atoms with van der Waals surface area (Å²) < 4.78 is 0. The molecule has 0 radical (unpaired) electrons. The van der Waals surface area contributed by atoms with Crippen molar-refractivity contribution < 1.29 is 0 Å². The number of benzene rings is 1. The number of anilines is 1. The first-order valence-electron chi connectivity index (χ1n) is 8.98. The lowest BCUT2D eigenvalue weighted by Crippen LogP contribution is -2.24. The summed E-state index contributed by atoms with van der Waals surface area (Å²) in [7, 11) is 1.88. The molecule has 0 amide bonds. The van der Waals surface area contributed by atoms with Crippen LogP contribution in [0.1, 0.15) is 50.8 Å². The molecule has 138 valence electrons. The Hall–Kier alpha value is -3.20. The lowest BCUT2D eigenvalue weighted by Gasteiger charge is -2.27. The first-order valence-corrected chi connectivity index (χ1v) is 8.98. The normalized spacial score (nSPS) is 15.2. The van der Waals surface area contributed by atoms with Gasteiger partial charge in [-0.1, -0.05) is 25.0 Å². The molecule has 0 aliphatic carbocycles. The highest BCUT2D eigenvalue weighted by Gasteiger charge is 2.30. The lowest BCUT2D eigenvalue weighted by molar-refractivity contribution is 0.664. The second kappa shape index (κ2) is 8.95. The summed E-state index contributed by atoms with van der Waals surface area (Å²) in [4.78, 5) is 0. The maximum absolute atomic E-state index is 9.71. The van der Waals surface area contributed by atoms with Crippen molar-refractivity contribution in [1.82, 2.24) is 10.6 Å². The number of rotatable bonds is 5. The Morgan fingerprint density at radius 1 is 1.15 bits per heavy atom. The minimum Gasteiger partial charge on any atom is -0.388 e. The SMILES string of the molecule is CC#CC(NCC)c1cc(C2C(C#N)=C(C)NC(C)=C2C#N)ccc1NC. The standard InChI is InChI=1S/C22H25N5/c1-6-8-21(26-7-2)17-11-16(9-10-20(17)25-5)22-18(12-23)14(3)27-15(4)19(22)13-24/h9-11,21-22,25-27H,7H2,1-5H3. The quantitative estimate of drug-likeness (QED) is 0.699. The van der Waals surface area contributed by atoms with E-state index in [1.54, 1.807) is 0 Å². The monoisotopic (exact) mass is 359 g/mol.